The number of carbonyl (C=O) groups is 3. The van der Waals surface area contributed by atoms with Gasteiger partial charge in [0.2, 0.25) is 0 Å². The molecule has 0 aliphatic heterocycles. The minimum atomic E-state index is -1.25. The van der Waals surface area contributed by atoms with Crippen molar-refractivity contribution in [2.75, 3.05) is 0 Å². The van der Waals surface area contributed by atoms with Gasteiger partial charge in [-0.05, 0) is 18.8 Å². The van der Waals surface area contributed by atoms with Gasteiger partial charge < -0.3 is 20.8 Å². The number of carboxylic acid groups (broad SMARTS) is 2. The molecule has 2 unspecified atom stereocenters. The van der Waals surface area contributed by atoms with E-state index in [-0.39, 0.29) is 24.3 Å². The van der Waals surface area contributed by atoms with Crippen molar-refractivity contribution in [2.24, 2.45) is 5.41 Å². The molecule has 0 spiro atoms. The van der Waals surface area contributed by atoms with Gasteiger partial charge in [-0.1, -0.05) is 20.8 Å². The summed E-state index contributed by atoms with van der Waals surface area (Å²) >= 11 is 0. The van der Waals surface area contributed by atoms with Gasteiger partial charge in [0, 0.05) is 12.5 Å². The van der Waals surface area contributed by atoms with Crippen LogP contribution < -0.4 is 10.6 Å². The number of carboxylic acids is 2. The van der Waals surface area contributed by atoms with Gasteiger partial charge in [-0.15, -0.1) is 0 Å². The van der Waals surface area contributed by atoms with Gasteiger partial charge in [-0.2, -0.15) is 0 Å². The van der Waals surface area contributed by atoms with Gasteiger partial charge in [0.05, 0.1) is 0 Å². The molecule has 0 saturated heterocycles. The third-order valence-electron chi connectivity index (χ3n) is 2.90. The van der Waals surface area contributed by atoms with Crippen LogP contribution in [0.5, 0.6) is 0 Å². The molecule has 0 aliphatic carbocycles. The normalized spacial score (nSPS) is 14.3. The Morgan fingerprint density at radius 3 is 2.00 bits per heavy atom. The summed E-state index contributed by atoms with van der Waals surface area (Å²) in [5.41, 5.74) is -0.156. The van der Waals surface area contributed by atoms with Crippen molar-refractivity contribution in [3.05, 3.63) is 0 Å². The van der Waals surface area contributed by atoms with Gasteiger partial charge in [0.1, 0.15) is 6.04 Å². The Labute approximate surface area is 112 Å². The highest BCUT2D eigenvalue weighted by Gasteiger charge is 2.25. The summed E-state index contributed by atoms with van der Waals surface area (Å²) < 4.78 is 0. The van der Waals surface area contributed by atoms with Crippen LogP contribution in [0.1, 0.15) is 40.5 Å². The largest absolute Gasteiger partial charge is 0.481 e. The molecule has 2 atom stereocenters. The number of hydrogen-bond acceptors (Lipinski definition) is 3. The predicted octanol–water partition coefficient (Wildman–Crippen LogP) is 1.04. The zero-order chi connectivity index (χ0) is 15.2. The van der Waals surface area contributed by atoms with Crippen molar-refractivity contribution in [3.63, 3.8) is 0 Å². The number of amides is 2. The number of hydrogen-bond donors (Lipinski definition) is 4. The molecular formula is C12H22N2O5. The first-order valence-electron chi connectivity index (χ1n) is 6.05. The van der Waals surface area contributed by atoms with Crippen LogP contribution in [-0.4, -0.2) is 40.3 Å². The van der Waals surface area contributed by atoms with E-state index in [1.807, 2.05) is 27.7 Å². The van der Waals surface area contributed by atoms with E-state index in [1.54, 1.807) is 0 Å². The van der Waals surface area contributed by atoms with E-state index in [0.29, 0.717) is 0 Å². The minimum Gasteiger partial charge on any atom is -0.481 e. The summed E-state index contributed by atoms with van der Waals surface area (Å²) in [5, 5.41) is 22.3. The van der Waals surface area contributed by atoms with Crippen LogP contribution in [0.15, 0.2) is 0 Å². The second-order valence-electron chi connectivity index (χ2n) is 5.53. The SMILES string of the molecule is CC(NC(=O)NC(CCC(=O)O)C(=O)O)C(C)(C)C. The Kier molecular flexibility index (Phi) is 6.31. The Hall–Kier alpha value is -1.79. The van der Waals surface area contributed by atoms with E-state index in [0.717, 1.165) is 0 Å². The lowest BCUT2D eigenvalue weighted by Gasteiger charge is -2.28. The quantitative estimate of drug-likeness (QED) is 0.577. The Bertz CT molecular complexity index is 349. The van der Waals surface area contributed by atoms with Crippen molar-refractivity contribution < 1.29 is 24.6 Å². The molecule has 0 aromatic rings. The molecule has 0 saturated carbocycles. The minimum absolute atomic E-state index is 0.151. The topological polar surface area (TPSA) is 116 Å². The highest BCUT2D eigenvalue weighted by Crippen LogP contribution is 2.18. The van der Waals surface area contributed by atoms with E-state index in [1.165, 1.54) is 0 Å². The molecule has 0 aliphatic rings. The first kappa shape index (κ1) is 17.2. The van der Waals surface area contributed by atoms with Crippen molar-refractivity contribution in [1.82, 2.24) is 10.6 Å². The lowest BCUT2D eigenvalue weighted by atomic mass is 9.88. The van der Waals surface area contributed by atoms with Gasteiger partial charge >= 0.3 is 18.0 Å². The summed E-state index contributed by atoms with van der Waals surface area (Å²) in [6.45, 7) is 7.64. The van der Waals surface area contributed by atoms with Crippen LogP contribution in [0.4, 0.5) is 4.79 Å². The fraction of sp³-hybridized carbons (Fsp3) is 0.750. The molecule has 7 heteroatoms. The Balaban J connectivity index is 4.40. The van der Waals surface area contributed by atoms with E-state index < -0.39 is 24.0 Å². The van der Waals surface area contributed by atoms with Crippen LogP contribution >= 0.6 is 0 Å². The highest BCUT2D eigenvalue weighted by atomic mass is 16.4. The number of carbonyl (C=O) groups excluding carboxylic acids is 1. The van der Waals surface area contributed by atoms with Gasteiger partial charge in [-0.25, -0.2) is 9.59 Å². The van der Waals surface area contributed by atoms with E-state index in [9.17, 15) is 14.4 Å². The highest BCUT2D eigenvalue weighted by molar-refractivity contribution is 5.83. The summed E-state index contributed by atoms with van der Waals surface area (Å²) in [7, 11) is 0. The number of aliphatic carboxylic acids is 2. The van der Waals surface area contributed by atoms with Crippen LogP contribution in [-0.2, 0) is 9.59 Å². The molecule has 2 amide bonds. The first-order valence-corrected chi connectivity index (χ1v) is 6.05. The summed E-state index contributed by atoms with van der Waals surface area (Å²) in [6.07, 6.45) is -0.464. The molecule has 0 aromatic carbocycles. The summed E-state index contributed by atoms with van der Waals surface area (Å²) in [6, 6.07) is -1.97. The molecular weight excluding hydrogens is 252 g/mol. The molecule has 4 N–H and O–H groups in total. The van der Waals surface area contributed by atoms with Gasteiger partial charge in [0.15, 0.2) is 0 Å². The predicted molar refractivity (Wildman–Crippen MR) is 68.9 cm³/mol. The Morgan fingerprint density at radius 2 is 1.63 bits per heavy atom. The lowest BCUT2D eigenvalue weighted by Crippen LogP contribution is -2.51. The smallest absolute Gasteiger partial charge is 0.326 e. The molecule has 0 bridgehead atoms. The van der Waals surface area contributed by atoms with Gasteiger partial charge in [0.25, 0.3) is 0 Å². The summed E-state index contributed by atoms with van der Waals surface area (Å²) in [5.74, 6) is -2.35. The molecule has 19 heavy (non-hydrogen) atoms. The molecule has 110 valence electrons. The van der Waals surface area contributed by atoms with Crippen molar-refractivity contribution in [2.45, 2.75) is 52.6 Å². The van der Waals surface area contributed by atoms with Crippen LogP contribution in [0.3, 0.4) is 0 Å². The van der Waals surface area contributed by atoms with Gasteiger partial charge in [-0.3, -0.25) is 4.79 Å². The third kappa shape index (κ3) is 7.28. The fourth-order valence-corrected chi connectivity index (χ4v) is 1.14. The second-order valence-corrected chi connectivity index (χ2v) is 5.53. The molecule has 0 rings (SSSR count). The maximum atomic E-state index is 11.6. The zero-order valence-electron chi connectivity index (χ0n) is 11.7. The van der Waals surface area contributed by atoms with E-state index >= 15 is 0 Å². The average molecular weight is 274 g/mol. The fourth-order valence-electron chi connectivity index (χ4n) is 1.14. The summed E-state index contributed by atoms with van der Waals surface area (Å²) in [4.78, 5) is 32.9. The average Bonchev–Trinajstić information content (AvgIpc) is 2.21. The first-order chi connectivity index (χ1) is 8.54. The standard InChI is InChI=1S/C12H22N2O5/c1-7(12(2,3)4)13-11(19)14-8(10(17)18)5-6-9(15)16/h7-8H,5-6H2,1-4H3,(H,15,16)(H,17,18)(H2,13,14,19). The van der Waals surface area contributed by atoms with E-state index in [2.05, 4.69) is 10.6 Å². The van der Waals surface area contributed by atoms with Crippen LogP contribution in [0.25, 0.3) is 0 Å². The molecule has 0 fully saturated rings. The molecule has 0 aromatic heterocycles. The number of rotatable bonds is 6. The number of nitrogens with one attached hydrogen (secondary N) is 2. The molecule has 7 nitrogen and oxygen atoms in total. The molecule has 0 radical (unpaired) electrons. The molecule has 0 heterocycles. The van der Waals surface area contributed by atoms with Crippen molar-refractivity contribution in [3.8, 4) is 0 Å². The maximum absolute atomic E-state index is 11.6. The zero-order valence-corrected chi connectivity index (χ0v) is 11.7. The maximum Gasteiger partial charge on any atom is 0.326 e. The Morgan fingerprint density at radius 1 is 1.11 bits per heavy atom. The number of urea groups is 1. The van der Waals surface area contributed by atoms with Crippen molar-refractivity contribution in [1.29, 1.82) is 0 Å². The van der Waals surface area contributed by atoms with E-state index in [4.69, 9.17) is 10.2 Å². The second kappa shape index (κ2) is 6.96. The van der Waals surface area contributed by atoms with Crippen LogP contribution in [0.2, 0.25) is 0 Å². The third-order valence-corrected chi connectivity index (χ3v) is 2.90. The lowest BCUT2D eigenvalue weighted by molar-refractivity contribution is -0.140. The van der Waals surface area contributed by atoms with Crippen LogP contribution in [0, 0.1) is 5.41 Å². The monoisotopic (exact) mass is 274 g/mol. The van der Waals surface area contributed by atoms with Crippen molar-refractivity contribution >= 4 is 18.0 Å².